The number of rotatable bonds is 4. The van der Waals surface area contributed by atoms with Crippen LogP contribution in [0.25, 0.3) is 0 Å². The number of anilines is 1. The first-order valence-corrected chi connectivity index (χ1v) is 8.36. The second-order valence-corrected chi connectivity index (χ2v) is 6.24. The summed E-state index contributed by atoms with van der Waals surface area (Å²) in [4.78, 5) is 16.8. The molecule has 0 unspecified atom stereocenters. The molecule has 128 valence electrons. The third-order valence-corrected chi connectivity index (χ3v) is 4.46. The smallest absolute Gasteiger partial charge is 0.244 e. The van der Waals surface area contributed by atoms with Gasteiger partial charge in [0.1, 0.15) is 6.54 Å². The van der Waals surface area contributed by atoms with Crippen LogP contribution in [0, 0.1) is 0 Å². The van der Waals surface area contributed by atoms with Crippen molar-refractivity contribution in [3.05, 3.63) is 0 Å². The molecule has 0 aromatic carbocycles. The summed E-state index contributed by atoms with van der Waals surface area (Å²) in [5, 5.41) is 10.8. The van der Waals surface area contributed by atoms with Gasteiger partial charge in [-0.05, 0) is 42.8 Å². The van der Waals surface area contributed by atoms with Crippen LogP contribution in [-0.4, -0.2) is 81.3 Å². The zero-order valence-corrected chi connectivity index (χ0v) is 13.4. The molecule has 3 rings (SSSR count). The van der Waals surface area contributed by atoms with Gasteiger partial charge in [-0.1, -0.05) is 11.5 Å². The van der Waals surface area contributed by atoms with E-state index in [1.165, 1.54) is 23.9 Å². The molecule has 23 heavy (non-hydrogen) atoms. The minimum absolute atomic E-state index is 0.0156. The van der Waals surface area contributed by atoms with E-state index in [9.17, 15) is 4.79 Å². The molecule has 0 saturated carbocycles. The molecule has 0 spiro atoms. The highest BCUT2D eigenvalue weighted by atomic mass is 16.5. The molecule has 0 aliphatic carbocycles. The Morgan fingerprint density at radius 1 is 1.22 bits per heavy atom. The number of likely N-dealkylation sites (tertiary alicyclic amines) is 1. The molecule has 1 aromatic rings. The fourth-order valence-electron chi connectivity index (χ4n) is 3.21. The summed E-state index contributed by atoms with van der Waals surface area (Å²) in [6, 6.07) is 0. The monoisotopic (exact) mass is 323 g/mol. The third-order valence-electron chi connectivity index (χ3n) is 4.46. The number of amides is 1. The number of carbonyl (C=O) groups is 1. The first-order chi connectivity index (χ1) is 11.2. The second kappa shape index (κ2) is 7.69. The number of carbonyl (C=O) groups excluding carboxylic acids is 1. The predicted octanol–water partition coefficient (Wildman–Crippen LogP) is -0.641. The van der Waals surface area contributed by atoms with Gasteiger partial charge in [0.05, 0.1) is 6.10 Å². The maximum Gasteiger partial charge on any atom is 0.244 e. The fraction of sp³-hybridized carbons (Fsp3) is 0.857. The van der Waals surface area contributed by atoms with Gasteiger partial charge in [-0.3, -0.25) is 4.79 Å². The van der Waals surface area contributed by atoms with Crippen molar-refractivity contribution in [2.45, 2.75) is 38.3 Å². The van der Waals surface area contributed by atoms with E-state index in [0.29, 0.717) is 19.7 Å². The number of nitrogens with two attached hydrogens (primary N) is 1. The van der Waals surface area contributed by atoms with Crippen LogP contribution in [0.5, 0.6) is 0 Å². The van der Waals surface area contributed by atoms with Crippen molar-refractivity contribution < 1.29 is 9.53 Å². The Kier molecular flexibility index (Phi) is 5.39. The number of nitrogens with zero attached hydrogens (tertiary/aromatic N) is 6. The maximum atomic E-state index is 12.5. The number of hydrogen-bond acceptors (Lipinski definition) is 7. The van der Waals surface area contributed by atoms with Crippen LogP contribution in [0.3, 0.4) is 0 Å². The summed E-state index contributed by atoms with van der Waals surface area (Å²) in [6.07, 6.45) is 4.76. The molecule has 1 atom stereocenters. The molecule has 2 saturated heterocycles. The number of aromatic nitrogens is 4. The average molecular weight is 323 g/mol. The normalized spacial score (nSPS) is 23.7. The lowest BCUT2D eigenvalue weighted by Crippen LogP contribution is -2.44. The summed E-state index contributed by atoms with van der Waals surface area (Å²) in [5.74, 6) is 0.146. The van der Waals surface area contributed by atoms with E-state index in [4.69, 9.17) is 10.5 Å². The van der Waals surface area contributed by atoms with Crippen molar-refractivity contribution >= 4 is 11.9 Å². The van der Waals surface area contributed by atoms with E-state index in [0.717, 1.165) is 26.1 Å². The lowest BCUT2D eigenvalue weighted by atomic mass is 10.1. The Bertz CT molecular complexity index is 515. The van der Waals surface area contributed by atoms with Crippen LogP contribution < -0.4 is 5.73 Å². The Labute approximate surface area is 135 Å². The summed E-state index contributed by atoms with van der Waals surface area (Å²) in [5.41, 5.74) is 5.62. The molecule has 9 heteroatoms. The van der Waals surface area contributed by atoms with Gasteiger partial charge in [-0.2, -0.15) is 0 Å². The summed E-state index contributed by atoms with van der Waals surface area (Å²) in [7, 11) is 0. The third kappa shape index (κ3) is 4.38. The van der Waals surface area contributed by atoms with E-state index < -0.39 is 0 Å². The van der Waals surface area contributed by atoms with Crippen LogP contribution >= 0.6 is 0 Å². The van der Waals surface area contributed by atoms with Gasteiger partial charge < -0.3 is 20.3 Å². The van der Waals surface area contributed by atoms with Crippen molar-refractivity contribution in [2.24, 2.45) is 0 Å². The highest BCUT2D eigenvalue weighted by Gasteiger charge is 2.25. The van der Waals surface area contributed by atoms with Gasteiger partial charge in [-0.25, -0.2) is 4.68 Å². The number of piperidine rings is 1. The molecule has 2 N–H and O–H groups in total. The first kappa shape index (κ1) is 16.1. The van der Waals surface area contributed by atoms with E-state index in [1.807, 2.05) is 4.90 Å². The van der Waals surface area contributed by atoms with Crippen LogP contribution in [0.2, 0.25) is 0 Å². The summed E-state index contributed by atoms with van der Waals surface area (Å²) < 4.78 is 7.26. The molecule has 3 heterocycles. The molecule has 9 nitrogen and oxygen atoms in total. The number of tetrazole rings is 1. The largest absolute Gasteiger partial charge is 0.375 e. The standard InChI is InChI=1S/C14H25N7O2/c15-14-16-17-18-21(14)11-13(22)20-7-4-8-23-12(10-20)9-19-5-2-1-3-6-19/h12H,1-11H2,(H2,15,16,18)/t12-/m1/s1. The van der Waals surface area contributed by atoms with Crippen molar-refractivity contribution in [2.75, 3.05) is 45.1 Å². The van der Waals surface area contributed by atoms with Gasteiger partial charge in [0, 0.05) is 26.2 Å². The Hall–Kier alpha value is -1.74. The minimum atomic E-state index is -0.0156. The van der Waals surface area contributed by atoms with E-state index in [1.54, 1.807) is 0 Å². The van der Waals surface area contributed by atoms with E-state index in [-0.39, 0.29) is 24.5 Å². The highest BCUT2D eigenvalue weighted by Crippen LogP contribution is 2.13. The molecular weight excluding hydrogens is 298 g/mol. The SMILES string of the molecule is Nc1nnnn1CC(=O)N1CCCO[C@H](CN2CCCCC2)C1. The number of nitrogen functional groups attached to an aromatic ring is 1. The summed E-state index contributed by atoms with van der Waals surface area (Å²) in [6.45, 7) is 5.28. The van der Waals surface area contributed by atoms with Crippen LogP contribution in [0.4, 0.5) is 5.95 Å². The fourth-order valence-corrected chi connectivity index (χ4v) is 3.21. The molecule has 2 aliphatic heterocycles. The zero-order valence-electron chi connectivity index (χ0n) is 13.4. The molecule has 1 aromatic heterocycles. The zero-order chi connectivity index (χ0) is 16.1. The van der Waals surface area contributed by atoms with Crippen molar-refractivity contribution in [3.63, 3.8) is 0 Å². The second-order valence-electron chi connectivity index (χ2n) is 6.24. The molecule has 2 aliphatic rings. The van der Waals surface area contributed by atoms with Gasteiger partial charge in [0.25, 0.3) is 0 Å². The Morgan fingerprint density at radius 3 is 2.78 bits per heavy atom. The minimum Gasteiger partial charge on any atom is -0.375 e. The molecule has 0 bridgehead atoms. The molecule has 2 fully saturated rings. The van der Waals surface area contributed by atoms with Crippen molar-refractivity contribution in [3.8, 4) is 0 Å². The van der Waals surface area contributed by atoms with Crippen molar-refractivity contribution in [1.82, 2.24) is 30.0 Å². The number of ether oxygens (including phenoxy) is 1. The topological polar surface area (TPSA) is 102 Å². The van der Waals surface area contributed by atoms with Crippen LogP contribution in [0.1, 0.15) is 25.7 Å². The van der Waals surface area contributed by atoms with Gasteiger partial charge >= 0.3 is 0 Å². The lowest BCUT2D eigenvalue weighted by Gasteiger charge is -2.31. The van der Waals surface area contributed by atoms with Crippen LogP contribution in [-0.2, 0) is 16.1 Å². The van der Waals surface area contributed by atoms with Gasteiger partial charge in [-0.15, -0.1) is 0 Å². The molecule has 0 radical (unpaired) electrons. The predicted molar refractivity (Wildman–Crippen MR) is 83.5 cm³/mol. The average Bonchev–Trinajstić information content (AvgIpc) is 2.82. The van der Waals surface area contributed by atoms with E-state index in [2.05, 4.69) is 20.4 Å². The molecule has 1 amide bonds. The highest BCUT2D eigenvalue weighted by molar-refractivity contribution is 5.76. The van der Waals surface area contributed by atoms with E-state index >= 15 is 0 Å². The first-order valence-electron chi connectivity index (χ1n) is 8.36. The lowest BCUT2D eigenvalue weighted by molar-refractivity contribution is -0.133. The quantitative estimate of drug-likeness (QED) is 0.786. The maximum absolute atomic E-state index is 12.5. The Balaban J connectivity index is 1.55. The Morgan fingerprint density at radius 2 is 2.04 bits per heavy atom. The number of hydrogen-bond donors (Lipinski definition) is 1. The van der Waals surface area contributed by atoms with Crippen LogP contribution in [0.15, 0.2) is 0 Å². The molecular formula is C14H25N7O2. The van der Waals surface area contributed by atoms with Gasteiger partial charge in [0.15, 0.2) is 0 Å². The summed E-state index contributed by atoms with van der Waals surface area (Å²) >= 11 is 0. The van der Waals surface area contributed by atoms with Crippen molar-refractivity contribution in [1.29, 1.82) is 0 Å². The van der Waals surface area contributed by atoms with Gasteiger partial charge in [0.2, 0.25) is 11.9 Å².